The third-order valence-corrected chi connectivity index (χ3v) is 2.53. The molecule has 0 spiro atoms. The summed E-state index contributed by atoms with van der Waals surface area (Å²) in [7, 11) is 6.26. The van der Waals surface area contributed by atoms with Gasteiger partial charge in [0.15, 0.2) is 5.96 Å². The quantitative estimate of drug-likeness (QED) is 0.781. The molecule has 0 bridgehead atoms. The second-order valence-corrected chi connectivity index (χ2v) is 5.39. The molecular formula is C11H25IN4. The van der Waals surface area contributed by atoms with Gasteiger partial charge in [0.1, 0.15) is 0 Å². The molecule has 4 nitrogen and oxygen atoms in total. The monoisotopic (exact) mass is 340 g/mol. The van der Waals surface area contributed by atoms with E-state index in [1.807, 2.05) is 0 Å². The van der Waals surface area contributed by atoms with Crippen molar-refractivity contribution >= 4 is 29.9 Å². The van der Waals surface area contributed by atoms with Gasteiger partial charge in [-0.15, -0.1) is 24.0 Å². The highest BCUT2D eigenvalue weighted by atomic mass is 127. The van der Waals surface area contributed by atoms with Crippen molar-refractivity contribution in [2.75, 3.05) is 47.3 Å². The van der Waals surface area contributed by atoms with E-state index < -0.39 is 0 Å². The third-order valence-electron chi connectivity index (χ3n) is 2.53. The van der Waals surface area contributed by atoms with Crippen LogP contribution in [0.1, 0.15) is 13.8 Å². The lowest BCUT2D eigenvalue weighted by molar-refractivity contribution is 0.259. The zero-order valence-electron chi connectivity index (χ0n) is 11.1. The molecule has 1 heterocycles. The minimum Gasteiger partial charge on any atom is -0.355 e. The molecule has 0 saturated heterocycles. The van der Waals surface area contributed by atoms with E-state index in [0.717, 1.165) is 32.1 Å². The molecule has 0 atom stereocenters. The van der Waals surface area contributed by atoms with Crippen LogP contribution in [0.15, 0.2) is 4.99 Å². The highest BCUT2D eigenvalue weighted by molar-refractivity contribution is 14.0. The second kappa shape index (κ2) is 6.64. The molecular weight excluding hydrogens is 315 g/mol. The minimum absolute atomic E-state index is 0. The Labute approximate surface area is 116 Å². The summed E-state index contributed by atoms with van der Waals surface area (Å²) in [6.07, 6.45) is 0. The van der Waals surface area contributed by atoms with Crippen LogP contribution in [-0.2, 0) is 0 Å². The Kier molecular flexibility index (Phi) is 6.62. The van der Waals surface area contributed by atoms with Crippen molar-refractivity contribution in [1.82, 2.24) is 15.1 Å². The van der Waals surface area contributed by atoms with Crippen molar-refractivity contribution in [3.05, 3.63) is 0 Å². The Balaban J connectivity index is 0.00000225. The van der Waals surface area contributed by atoms with E-state index in [1.54, 1.807) is 0 Å². The summed E-state index contributed by atoms with van der Waals surface area (Å²) >= 11 is 0. The van der Waals surface area contributed by atoms with Crippen molar-refractivity contribution in [3.63, 3.8) is 0 Å². The predicted molar refractivity (Wildman–Crippen MR) is 80.7 cm³/mol. The zero-order valence-corrected chi connectivity index (χ0v) is 13.4. The maximum Gasteiger partial charge on any atom is 0.193 e. The molecule has 0 aromatic heterocycles. The summed E-state index contributed by atoms with van der Waals surface area (Å²) in [6.45, 7) is 8.49. The van der Waals surface area contributed by atoms with Gasteiger partial charge in [-0.2, -0.15) is 0 Å². The van der Waals surface area contributed by atoms with Gasteiger partial charge in [0.05, 0.1) is 0 Å². The van der Waals surface area contributed by atoms with Gasteiger partial charge in [-0.25, -0.2) is 0 Å². The standard InChI is InChI=1S/C11H24N4.HI/c1-11(2)8-13-10(15(5)9-11)12-6-7-14(3)4;/h6-9H2,1-5H3,(H,12,13);1H. The predicted octanol–water partition coefficient (Wildman–Crippen LogP) is 1.08. The minimum atomic E-state index is 0. The molecule has 0 saturated carbocycles. The van der Waals surface area contributed by atoms with Gasteiger partial charge in [-0.3, -0.25) is 4.99 Å². The summed E-state index contributed by atoms with van der Waals surface area (Å²) in [5, 5.41) is 3.37. The molecule has 1 N–H and O–H groups in total. The van der Waals surface area contributed by atoms with E-state index in [-0.39, 0.29) is 24.0 Å². The van der Waals surface area contributed by atoms with E-state index >= 15 is 0 Å². The van der Waals surface area contributed by atoms with Crippen LogP contribution in [0.4, 0.5) is 0 Å². The smallest absolute Gasteiger partial charge is 0.193 e. The number of aliphatic imine (C=N–C) groups is 1. The summed E-state index contributed by atoms with van der Waals surface area (Å²) in [4.78, 5) is 8.95. The molecule has 0 aliphatic carbocycles. The lowest BCUT2D eigenvalue weighted by atomic mass is 9.92. The molecule has 96 valence electrons. The molecule has 0 unspecified atom stereocenters. The number of nitrogens with zero attached hydrogens (tertiary/aromatic N) is 3. The molecule has 0 amide bonds. The van der Waals surface area contributed by atoms with Crippen LogP contribution in [0.2, 0.25) is 0 Å². The van der Waals surface area contributed by atoms with Crippen LogP contribution in [0.5, 0.6) is 0 Å². The van der Waals surface area contributed by atoms with Gasteiger partial charge in [-0.1, -0.05) is 13.8 Å². The number of guanidine groups is 1. The molecule has 0 fully saturated rings. The summed E-state index contributed by atoms with van der Waals surface area (Å²) < 4.78 is 0. The van der Waals surface area contributed by atoms with Crippen molar-refractivity contribution in [1.29, 1.82) is 0 Å². The molecule has 0 aromatic carbocycles. The Morgan fingerprint density at radius 3 is 2.56 bits per heavy atom. The first-order valence-electron chi connectivity index (χ1n) is 5.55. The fourth-order valence-electron chi connectivity index (χ4n) is 1.76. The molecule has 0 aromatic rings. The molecule has 1 aliphatic rings. The Bertz CT molecular complexity index is 238. The summed E-state index contributed by atoms with van der Waals surface area (Å²) in [5.41, 5.74) is 0.307. The lowest BCUT2D eigenvalue weighted by Gasteiger charge is -2.36. The number of hydrogen-bond donors (Lipinski definition) is 1. The molecule has 1 rings (SSSR count). The van der Waals surface area contributed by atoms with E-state index in [9.17, 15) is 0 Å². The SMILES string of the molecule is CN(C)CCNC1=NCC(C)(C)CN1C.I. The first kappa shape index (κ1) is 16.0. The van der Waals surface area contributed by atoms with E-state index in [2.05, 4.69) is 55.1 Å². The normalized spacial score (nSPS) is 19.1. The summed E-state index contributed by atoms with van der Waals surface area (Å²) in [5.74, 6) is 1.04. The first-order valence-corrected chi connectivity index (χ1v) is 5.55. The van der Waals surface area contributed by atoms with E-state index in [0.29, 0.717) is 5.41 Å². The van der Waals surface area contributed by atoms with Crippen LogP contribution in [0.25, 0.3) is 0 Å². The van der Waals surface area contributed by atoms with Crippen molar-refractivity contribution in [2.24, 2.45) is 10.4 Å². The fourth-order valence-corrected chi connectivity index (χ4v) is 1.76. The fraction of sp³-hybridized carbons (Fsp3) is 0.909. The van der Waals surface area contributed by atoms with Gasteiger partial charge in [0.25, 0.3) is 0 Å². The first-order chi connectivity index (χ1) is 6.91. The Hall–Kier alpha value is -0.0400. The average Bonchev–Trinajstić information content (AvgIpc) is 2.07. The van der Waals surface area contributed by atoms with E-state index in [1.165, 1.54) is 0 Å². The van der Waals surface area contributed by atoms with Crippen LogP contribution in [-0.4, -0.2) is 63.1 Å². The molecule has 5 heteroatoms. The molecule has 1 aliphatic heterocycles. The van der Waals surface area contributed by atoms with Crippen LogP contribution in [0.3, 0.4) is 0 Å². The highest BCUT2D eigenvalue weighted by Crippen LogP contribution is 2.20. The lowest BCUT2D eigenvalue weighted by Crippen LogP contribution is -2.49. The van der Waals surface area contributed by atoms with Crippen molar-refractivity contribution in [3.8, 4) is 0 Å². The summed E-state index contributed by atoms with van der Waals surface area (Å²) in [6, 6.07) is 0. The number of hydrogen-bond acceptors (Lipinski definition) is 4. The Morgan fingerprint density at radius 2 is 2.06 bits per heavy atom. The number of nitrogens with one attached hydrogen (secondary N) is 1. The van der Waals surface area contributed by atoms with Crippen molar-refractivity contribution in [2.45, 2.75) is 13.8 Å². The van der Waals surface area contributed by atoms with Gasteiger partial charge in [-0.05, 0) is 14.1 Å². The van der Waals surface area contributed by atoms with Gasteiger partial charge < -0.3 is 15.1 Å². The highest BCUT2D eigenvalue weighted by Gasteiger charge is 2.25. The maximum atomic E-state index is 4.57. The number of rotatable bonds is 3. The van der Waals surface area contributed by atoms with Gasteiger partial charge >= 0.3 is 0 Å². The number of likely N-dealkylation sites (N-methyl/N-ethyl adjacent to an activating group) is 1. The van der Waals surface area contributed by atoms with Gasteiger partial charge in [0, 0.05) is 38.6 Å². The van der Waals surface area contributed by atoms with Crippen LogP contribution in [0, 0.1) is 5.41 Å². The second-order valence-electron chi connectivity index (χ2n) is 5.39. The van der Waals surface area contributed by atoms with Gasteiger partial charge in [0.2, 0.25) is 0 Å². The van der Waals surface area contributed by atoms with Crippen molar-refractivity contribution < 1.29 is 0 Å². The van der Waals surface area contributed by atoms with Crippen LogP contribution < -0.4 is 5.32 Å². The number of halogens is 1. The molecule has 0 radical (unpaired) electrons. The van der Waals surface area contributed by atoms with Crippen LogP contribution >= 0.6 is 24.0 Å². The largest absolute Gasteiger partial charge is 0.355 e. The topological polar surface area (TPSA) is 30.9 Å². The maximum absolute atomic E-state index is 4.57. The Morgan fingerprint density at radius 1 is 1.44 bits per heavy atom. The third kappa shape index (κ3) is 5.34. The van der Waals surface area contributed by atoms with E-state index in [4.69, 9.17) is 0 Å². The zero-order chi connectivity index (χ0) is 11.5. The average molecular weight is 340 g/mol. The molecule has 16 heavy (non-hydrogen) atoms.